The molecule has 0 bridgehead atoms. The van der Waals surface area contributed by atoms with Crippen LogP contribution in [0.3, 0.4) is 0 Å². The molecule has 22 heavy (non-hydrogen) atoms. The first-order valence-corrected chi connectivity index (χ1v) is 7.06. The number of carboxylic acid groups (broad SMARTS) is 1. The summed E-state index contributed by atoms with van der Waals surface area (Å²) in [4.78, 5) is 10.7. The predicted octanol–water partition coefficient (Wildman–Crippen LogP) is 3.78. The zero-order valence-corrected chi connectivity index (χ0v) is 12.0. The van der Waals surface area contributed by atoms with E-state index in [1.807, 2.05) is 6.92 Å². The second-order valence-corrected chi connectivity index (χ2v) is 5.33. The molecule has 1 aromatic rings. The van der Waals surface area contributed by atoms with Crippen molar-refractivity contribution >= 4 is 5.97 Å². The van der Waals surface area contributed by atoms with E-state index in [4.69, 9.17) is 9.84 Å². The second kappa shape index (κ2) is 6.46. The molecule has 1 aliphatic carbocycles. The number of aryl methyl sites for hydroxylation is 1. The summed E-state index contributed by atoms with van der Waals surface area (Å²) in [6.45, 7) is 1.96. The highest BCUT2D eigenvalue weighted by Crippen LogP contribution is 2.38. The van der Waals surface area contributed by atoms with E-state index in [-0.39, 0.29) is 5.75 Å². The van der Waals surface area contributed by atoms with Gasteiger partial charge in [-0.2, -0.15) is 0 Å². The molecular weight excluding hydrogens is 301 g/mol. The van der Waals surface area contributed by atoms with Crippen molar-refractivity contribution in [3.8, 4) is 11.5 Å². The first-order valence-electron chi connectivity index (χ1n) is 7.06. The summed E-state index contributed by atoms with van der Waals surface area (Å²) in [7, 11) is 0. The van der Waals surface area contributed by atoms with Crippen LogP contribution in [0.1, 0.15) is 31.7 Å². The molecule has 0 aliphatic heterocycles. The van der Waals surface area contributed by atoms with E-state index < -0.39 is 30.1 Å². The van der Waals surface area contributed by atoms with Crippen molar-refractivity contribution in [2.24, 2.45) is 5.92 Å². The highest BCUT2D eigenvalue weighted by Gasteiger charge is 2.37. The van der Waals surface area contributed by atoms with Crippen molar-refractivity contribution in [1.29, 1.82) is 0 Å². The molecule has 0 amide bonds. The number of rotatable bonds is 6. The van der Waals surface area contributed by atoms with Crippen molar-refractivity contribution in [2.75, 3.05) is 0 Å². The quantitative estimate of drug-likeness (QED) is 0.867. The minimum absolute atomic E-state index is 0.0112. The van der Waals surface area contributed by atoms with E-state index in [1.54, 1.807) is 6.07 Å². The Morgan fingerprint density at radius 1 is 1.32 bits per heavy atom. The molecule has 0 atom stereocenters. The van der Waals surface area contributed by atoms with Crippen LogP contribution in [0, 0.1) is 5.92 Å². The normalized spacial score (nSPS) is 21.1. The average molecular weight is 318 g/mol. The van der Waals surface area contributed by atoms with Crippen molar-refractivity contribution in [2.45, 2.75) is 45.1 Å². The SMILES string of the molecule is CCCc1ccc(OC(F)(F)F)c(O[C@H]2C[C@H](C(=O)O)C2)c1. The van der Waals surface area contributed by atoms with E-state index in [2.05, 4.69) is 4.74 Å². The molecule has 1 N–H and O–H groups in total. The van der Waals surface area contributed by atoms with Crippen molar-refractivity contribution in [3.05, 3.63) is 23.8 Å². The van der Waals surface area contributed by atoms with Crippen molar-refractivity contribution in [1.82, 2.24) is 0 Å². The Bertz CT molecular complexity index is 536. The Morgan fingerprint density at radius 2 is 2.00 bits per heavy atom. The lowest BCUT2D eigenvalue weighted by molar-refractivity contribution is -0.275. The van der Waals surface area contributed by atoms with E-state index in [9.17, 15) is 18.0 Å². The van der Waals surface area contributed by atoms with Crippen LogP contribution in [0.4, 0.5) is 13.2 Å². The topological polar surface area (TPSA) is 55.8 Å². The van der Waals surface area contributed by atoms with Crippen LogP contribution < -0.4 is 9.47 Å². The molecule has 0 aromatic heterocycles. The van der Waals surface area contributed by atoms with Crippen LogP contribution >= 0.6 is 0 Å². The van der Waals surface area contributed by atoms with Crippen molar-refractivity contribution < 1.29 is 32.5 Å². The number of halogens is 3. The number of ether oxygens (including phenoxy) is 2. The van der Waals surface area contributed by atoms with Gasteiger partial charge in [0.05, 0.1) is 5.92 Å². The first kappa shape index (κ1) is 16.5. The monoisotopic (exact) mass is 318 g/mol. The minimum Gasteiger partial charge on any atom is -0.486 e. The fourth-order valence-electron chi connectivity index (χ4n) is 2.34. The van der Waals surface area contributed by atoms with E-state index in [0.29, 0.717) is 19.3 Å². The summed E-state index contributed by atoms with van der Waals surface area (Å²) >= 11 is 0. The van der Waals surface area contributed by atoms with Gasteiger partial charge >= 0.3 is 12.3 Å². The van der Waals surface area contributed by atoms with Gasteiger partial charge in [0.15, 0.2) is 11.5 Å². The summed E-state index contributed by atoms with van der Waals surface area (Å²) in [5, 5.41) is 8.81. The number of benzene rings is 1. The lowest BCUT2D eigenvalue weighted by Gasteiger charge is -2.33. The second-order valence-electron chi connectivity index (χ2n) is 5.33. The standard InChI is InChI=1S/C15H17F3O4/c1-2-3-9-4-5-12(22-15(16,17)18)13(6-9)21-11-7-10(8-11)14(19)20/h4-6,10-11H,2-3,7-8H2,1H3,(H,19,20)/t10-,11-. The van der Waals surface area contributed by atoms with Crippen molar-refractivity contribution in [3.63, 3.8) is 0 Å². The predicted molar refractivity (Wildman–Crippen MR) is 71.9 cm³/mol. The summed E-state index contributed by atoms with van der Waals surface area (Å²) < 4.78 is 46.7. The third-order valence-electron chi connectivity index (χ3n) is 3.51. The Kier molecular flexibility index (Phi) is 4.83. The number of carbonyl (C=O) groups is 1. The lowest BCUT2D eigenvalue weighted by atomic mass is 9.82. The van der Waals surface area contributed by atoms with Gasteiger partial charge < -0.3 is 14.6 Å². The van der Waals surface area contributed by atoms with Crippen LogP contribution in [-0.2, 0) is 11.2 Å². The molecule has 0 spiro atoms. The Labute approximate surface area is 125 Å². The minimum atomic E-state index is -4.80. The van der Waals surface area contributed by atoms with Gasteiger partial charge in [0.2, 0.25) is 0 Å². The zero-order valence-electron chi connectivity index (χ0n) is 12.0. The number of aliphatic carboxylic acids is 1. The largest absolute Gasteiger partial charge is 0.573 e. The van der Waals surface area contributed by atoms with E-state index in [1.165, 1.54) is 12.1 Å². The number of alkyl halides is 3. The zero-order chi connectivity index (χ0) is 16.3. The van der Waals surface area contributed by atoms with Crippen LogP contribution in [-0.4, -0.2) is 23.5 Å². The summed E-state index contributed by atoms with van der Waals surface area (Å²) in [6.07, 6.45) is -3.05. The number of hydrogen-bond donors (Lipinski definition) is 1. The molecule has 0 saturated heterocycles. The Morgan fingerprint density at radius 3 is 2.55 bits per heavy atom. The number of hydrogen-bond acceptors (Lipinski definition) is 3. The molecule has 1 aliphatic rings. The third kappa shape index (κ3) is 4.29. The lowest BCUT2D eigenvalue weighted by Crippen LogP contribution is -2.38. The van der Waals surface area contributed by atoms with Gasteiger partial charge in [0.25, 0.3) is 0 Å². The molecule has 1 aromatic carbocycles. The summed E-state index contributed by atoms with van der Waals surface area (Å²) in [5.74, 6) is -1.79. The van der Waals surface area contributed by atoms with Crippen LogP contribution in [0.2, 0.25) is 0 Å². The average Bonchev–Trinajstić information content (AvgIpc) is 2.34. The van der Waals surface area contributed by atoms with Gasteiger partial charge in [-0.3, -0.25) is 4.79 Å². The van der Waals surface area contributed by atoms with E-state index >= 15 is 0 Å². The van der Waals surface area contributed by atoms with Gasteiger partial charge in [0.1, 0.15) is 6.10 Å². The number of carboxylic acids is 1. The first-order chi connectivity index (χ1) is 10.3. The van der Waals surface area contributed by atoms with E-state index in [0.717, 1.165) is 12.0 Å². The highest BCUT2D eigenvalue weighted by molar-refractivity contribution is 5.71. The summed E-state index contributed by atoms with van der Waals surface area (Å²) in [5.41, 5.74) is 0.848. The maximum absolute atomic E-state index is 12.4. The fraction of sp³-hybridized carbons (Fsp3) is 0.533. The fourth-order valence-corrected chi connectivity index (χ4v) is 2.34. The molecular formula is C15H17F3O4. The van der Waals surface area contributed by atoms with Crippen LogP contribution in [0.15, 0.2) is 18.2 Å². The maximum Gasteiger partial charge on any atom is 0.573 e. The van der Waals surface area contributed by atoms with Gasteiger partial charge in [-0.25, -0.2) is 0 Å². The molecule has 4 nitrogen and oxygen atoms in total. The Hall–Kier alpha value is -1.92. The van der Waals surface area contributed by atoms with Gasteiger partial charge in [-0.15, -0.1) is 13.2 Å². The van der Waals surface area contributed by atoms with Crippen LogP contribution in [0.25, 0.3) is 0 Å². The molecule has 1 fully saturated rings. The highest BCUT2D eigenvalue weighted by atomic mass is 19.4. The van der Waals surface area contributed by atoms with Gasteiger partial charge in [-0.05, 0) is 37.0 Å². The maximum atomic E-state index is 12.4. The smallest absolute Gasteiger partial charge is 0.486 e. The van der Waals surface area contributed by atoms with Crippen LogP contribution in [0.5, 0.6) is 11.5 Å². The Balaban J connectivity index is 2.11. The van der Waals surface area contributed by atoms with Gasteiger partial charge in [-0.1, -0.05) is 19.4 Å². The third-order valence-corrected chi connectivity index (χ3v) is 3.51. The molecule has 7 heteroatoms. The molecule has 0 unspecified atom stereocenters. The molecule has 1 saturated carbocycles. The van der Waals surface area contributed by atoms with Gasteiger partial charge in [0, 0.05) is 0 Å². The molecule has 2 rings (SSSR count). The molecule has 122 valence electrons. The molecule has 0 radical (unpaired) electrons. The summed E-state index contributed by atoms with van der Waals surface area (Å²) in [6, 6.07) is 4.33. The molecule has 0 heterocycles.